The number of nitrogens with zero attached hydrogens (tertiary/aromatic N) is 2. The van der Waals surface area contributed by atoms with E-state index in [-0.39, 0.29) is 17.7 Å². The van der Waals surface area contributed by atoms with Crippen molar-refractivity contribution in [3.8, 4) is 0 Å². The Bertz CT molecular complexity index is 403. The monoisotopic (exact) mass is 283 g/mol. The number of ether oxygens (including phenoxy) is 1. The van der Waals surface area contributed by atoms with E-state index >= 15 is 0 Å². The van der Waals surface area contributed by atoms with Gasteiger partial charge in [-0.15, -0.1) is 11.3 Å². The van der Waals surface area contributed by atoms with Gasteiger partial charge in [0.05, 0.1) is 17.9 Å². The first-order valence-corrected chi connectivity index (χ1v) is 7.81. The molecule has 0 radical (unpaired) electrons. The van der Waals surface area contributed by atoms with E-state index in [2.05, 4.69) is 50.2 Å². The van der Waals surface area contributed by atoms with Gasteiger partial charge in [0.2, 0.25) is 0 Å². The third-order valence-electron chi connectivity index (χ3n) is 3.03. The lowest BCUT2D eigenvalue weighted by molar-refractivity contribution is -0.00523. The highest BCUT2D eigenvalue weighted by Crippen LogP contribution is 2.24. The van der Waals surface area contributed by atoms with Crippen LogP contribution in [0.2, 0.25) is 0 Å². The number of thiazole rings is 1. The van der Waals surface area contributed by atoms with Crippen LogP contribution in [0.4, 0.5) is 5.13 Å². The van der Waals surface area contributed by atoms with E-state index < -0.39 is 0 Å². The minimum Gasteiger partial charge on any atom is -0.372 e. The largest absolute Gasteiger partial charge is 0.372 e. The average molecular weight is 283 g/mol. The average Bonchev–Trinajstić information content (AvgIpc) is 2.72. The molecule has 108 valence electrons. The Morgan fingerprint density at radius 3 is 2.58 bits per heavy atom. The number of nitrogens with one attached hydrogen (secondary N) is 1. The van der Waals surface area contributed by atoms with E-state index in [0.29, 0.717) is 0 Å². The molecule has 1 aliphatic rings. The summed E-state index contributed by atoms with van der Waals surface area (Å²) in [6.07, 6.45) is 0.563. The topological polar surface area (TPSA) is 37.4 Å². The van der Waals surface area contributed by atoms with Crippen molar-refractivity contribution in [2.24, 2.45) is 0 Å². The molecule has 2 atom stereocenters. The van der Waals surface area contributed by atoms with Crippen LogP contribution in [0.5, 0.6) is 0 Å². The summed E-state index contributed by atoms with van der Waals surface area (Å²) < 4.78 is 5.76. The van der Waals surface area contributed by atoms with E-state index in [0.717, 1.165) is 30.5 Å². The van der Waals surface area contributed by atoms with Gasteiger partial charge in [-0.2, -0.15) is 0 Å². The molecule has 2 rings (SSSR count). The Labute approximate surface area is 120 Å². The standard InChI is InChI=1S/C14H25N3OS/c1-10-7-17(8-11(2)18-10)13-16-12(9-19-13)6-15-14(3,4)5/h9-11,15H,6-8H2,1-5H3. The van der Waals surface area contributed by atoms with Gasteiger partial charge in [-0.05, 0) is 34.6 Å². The maximum Gasteiger partial charge on any atom is 0.185 e. The molecule has 0 saturated carbocycles. The first-order chi connectivity index (χ1) is 8.83. The second-order valence-corrected chi connectivity index (χ2v) is 7.22. The maximum absolute atomic E-state index is 5.76. The molecule has 1 aliphatic heterocycles. The van der Waals surface area contributed by atoms with Crippen LogP contribution >= 0.6 is 11.3 Å². The number of anilines is 1. The van der Waals surface area contributed by atoms with Crippen LogP contribution < -0.4 is 10.2 Å². The highest BCUT2D eigenvalue weighted by atomic mass is 32.1. The van der Waals surface area contributed by atoms with Crippen LogP contribution in [-0.2, 0) is 11.3 Å². The quantitative estimate of drug-likeness (QED) is 0.925. The van der Waals surface area contributed by atoms with Gasteiger partial charge in [0, 0.05) is 30.6 Å². The lowest BCUT2D eigenvalue weighted by Gasteiger charge is -2.35. The number of hydrogen-bond donors (Lipinski definition) is 1. The van der Waals surface area contributed by atoms with E-state index in [1.807, 2.05) is 0 Å². The Morgan fingerprint density at radius 2 is 2.00 bits per heavy atom. The highest BCUT2D eigenvalue weighted by Gasteiger charge is 2.24. The molecule has 0 aromatic carbocycles. The molecule has 5 heteroatoms. The highest BCUT2D eigenvalue weighted by molar-refractivity contribution is 7.13. The SMILES string of the molecule is CC1CN(c2nc(CNC(C)(C)C)cs2)CC(C)O1. The van der Waals surface area contributed by atoms with Gasteiger partial charge in [0.15, 0.2) is 5.13 Å². The molecule has 4 nitrogen and oxygen atoms in total. The summed E-state index contributed by atoms with van der Waals surface area (Å²) >= 11 is 1.73. The van der Waals surface area contributed by atoms with Gasteiger partial charge < -0.3 is 15.0 Å². The van der Waals surface area contributed by atoms with E-state index in [9.17, 15) is 0 Å². The Kier molecular flexibility index (Phi) is 4.48. The molecule has 0 spiro atoms. The van der Waals surface area contributed by atoms with Crippen LogP contribution in [0.3, 0.4) is 0 Å². The summed E-state index contributed by atoms with van der Waals surface area (Å²) in [5, 5.41) is 6.74. The molecule has 2 heterocycles. The van der Waals surface area contributed by atoms with Crippen molar-refractivity contribution in [1.29, 1.82) is 0 Å². The summed E-state index contributed by atoms with van der Waals surface area (Å²) in [5.74, 6) is 0. The molecule has 1 fully saturated rings. The molecule has 0 bridgehead atoms. The Balaban J connectivity index is 1.96. The van der Waals surface area contributed by atoms with E-state index in [1.165, 1.54) is 0 Å². The van der Waals surface area contributed by atoms with Gasteiger partial charge in [-0.25, -0.2) is 4.98 Å². The second kappa shape index (κ2) is 5.77. The van der Waals surface area contributed by atoms with Crippen LogP contribution in [-0.4, -0.2) is 35.8 Å². The lowest BCUT2D eigenvalue weighted by atomic mass is 10.1. The summed E-state index contributed by atoms with van der Waals surface area (Å²) in [6, 6.07) is 0. The van der Waals surface area contributed by atoms with Crippen molar-refractivity contribution in [2.45, 2.75) is 58.9 Å². The molecular weight excluding hydrogens is 258 g/mol. The van der Waals surface area contributed by atoms with Crippen LogP contribution in [0.15, 0.2) is 5.38 Å². The number of rotatable bonds is 3. The van der Waals surface area contributed by atoms with Crippen molar-refractivity contribution in [3.63, 3.8) is 0 Å². The fraction of sp³-hybridized carbons (Fsp3) is 0.786. The zero-order valence-electron chi connectivity index (χ0n) is 12.6. The fourth-order valence-electron chi connectivity index (χ4n) is 2.21. The Morgan fingerprint density at radius 1 is 1.37 bits per heavy atom. The predicted octanol–water partition coefficient (Wildman–Crippen LogP) is 2.64. The van der Waals surface area contributed by atoms with Crippen molar-refractivity contribution in [2.75, 3.05) is 18.0 Å². The maximum atomic E-state index is 5.76. The zero-order valence-corrected chi connectivity index (χ0v) is 13.4. The van der Waals surface area contributed by atoms with Crippen molar-refractivity contribution >= 4 is 16.5 Å². The normalized spacial score (nSPS) is 24.8. The molecule has 19 heavy (non-hydrogen) atoms. The van der Waals surface area contributed by atoms with Gasteiger partial charge in [-0.1, -0.05) is 0 Å². The first-order valence-electron chi connectivity index (χ1n) is 6.93. The summed E-state index contributed by atoms with van der Waals surface area (Å²) in [7, 11) is 0. The Hall–Kier alpha value is -0.650. The van der Waals surface area contributed by atoms with Crippen LogP contribution in [0.25, 0.3) is 0 Å². The van der Waals surface area contributed by atoms with Gasteiger partial charge in [-0.3, -0.25) is 0 Å². The van der Waals surface area contributed by atoms with E-state index in [1.54, 1.807) is 11.3 Å². The van der Waals surface area contributed by atoms with Crippen LogP contribution in [0.1, 0.15) is 40.3 Å². The minimum atomic E-state index is 0.131. The third-order valence-corrected chi connectivity index (χ3v) is 3.98. The molecule has 2 unspecified atom stereocenters. The molecule has 0 amide bonds. The molecule has 1 saturated heterocycles. The fourth-order valence-corrected chi connectivity index (χ4v) is 3.06. The predicted molar refractivity (Wildman–Crippen MR) is 80.9 cm³/mol. The lowest BCUT2D eigenvalue weighted by Crippen LogP contribution is -2.45. The molecule has 1 aromatic heterocycles. The molecule has 1 aromatic rings. The van der Waals surface area contributed by atoms with Gasteiger partial charge >= 0.3 is 0 Å². The number of aromatic nitrogens is 1. The van der Waals surface area contributed by atoms with Crippen molar-refractivity contribution in [3.05, 3.63) is 11.1 Å². The van der Waals surface area contributed by atoms with Crippen LogP contribution in [0, 0.1) is 0 Å². The minimum absolute atomic E-state index is 0.131. The van der Waals surface area contributed by atoms with Gasteiger partial charge in [0.25, 0.3) is 0 Å². The molecule has 0 aliphatic carbocycles. The smallest absolute Gasteiger partial charge is 0.185 e. The second-order valence-electron chi connectivity index (χ2n) is 6.39. The van der Waals surface area contributed by atoms with Gasteiger partial charge in [0.1, 0.15) is 0 Å². The summed E-state index contributed by atoms with van der Waals surface area (Å²) in [4.78, 5) is 7.07. The van der Waals surface area contributed by atoms with Crippen molar-refractivity contribution in [1.82, 2.24) is 10.3 Å². The van der Waals surface area contributed by atoms with Crippen molar-refractivity contribution < 1.29 is 4.74 Å². The summed E-state index contributed by atoms with van der Waals surface area (Å²) in [6.45, 7) is 13.5. The number of morpholine rings is 1. The number of hydrogen-bond acceptors (Lipinski definition) is 5. The molecule has 1 N–H and O–H groups in total. The summed E-state index contributed by atoms with van der Waals surface area (Å²) in [5.41, 5.74) is 1.26. The van der Waals surface area contributed by atoms with E-state index in [4.69, 9.17) is 9.72 Å². The first kappa shape index (κ1) is 14.8. The molecular formula is C14H25N3OS. The third kappa shape index (κ3) is 4.44. The zero-order chi connectivity index (χ0) is 14.0.